The van der Waals surface area contributed by atoms with Gasteiger partial charge in [0.1, 0.15) is 6.10 Å². The lowest BCUT2D eigenvalue weighted by atomic mass is 9.46. The van der Waals surface area contributed by atoms with Gasteiger partial charge in [-0.15, -0.1) is 0 Å². The maximum absolute atomic E-state index is 12.8. The first-order valence-corrected chi connectivity index (χ1v) is 11.6. The van der Waals surface area contributed by atoms with Crippen molar-refractivity contribution in [1.29, 1.82) is 0 Å². The Hall–Kier alpha value is -1.65. The third-order valence-corrected chi connectivity index (χ3v) is 9.40. The van der Waals surface area contributed by atoms with Gasteiger partial charge in [-0.2, -0.15) is 0 Å². The van der Waals surface area contributed by atoms with Gasteiger partial charge in [0.05, 0.1) is 0 Å². The van der Waals surface area contributed by atoms with Crippen LogP contribution in [-0.4, -0.2) is 29.4 Å². The zero-order valence-corrected chi connectivity index (χ0v) is 19.1. The summed E-state index contributed by atoms with van der Waals surface area (Å²) in [5.74, 6) is 0.939. The van der Waals surface area contributed by atoms with Gasteiger partial charge in [0.15, 0.2) is 11.4 Å². The molecular formula is C25H36O5. The molecule has 0 bridgehead atoms. The number of rotatable bonds is 3. The molecule has 4 aliphatic rings. The minimum absolute atomic E-state index is 0.00120. The van der Waals surface area contributed by atoms with E-state index in [1.165, 1.54) is 19.4 Å². The Morgan fingerprint density at radius 1 is 0.933 bits per heavy atom. The molecule has 0 aromatic carbocycles. The zero-order chi connectivity index (χ0) is 21.9. The molecule has 30 heavy (non-hydrogen) atoms. The van der Waals surface area contributed by atoms with Crippen LogP contribution in [0.3, 0.4) is 0 Å². The topological polar surface area (TPSA) is 69.7 Å². The first-order valence-electron chi connectivity index (χ1n) is 11.6. The van der Waals surface area contributed by atoms with Gasteiger partial charge in [0, 0.05) is 25.7 Å². The second-order valence-corrected chi connectivity index (χ2v) is 10.7. The Morgan fingerprint density at radius 3 is 2.27 bits per heavy atom. The van der Waals surface area contributed by atoms with Crippen molar-refractivity contribution in [2.75, 3.05) is 0 Å². The van der Waals surface area contributed by atoms with E-state index in [4.69, 9.17) is 9.47 Å². The molecule has 7 atom stereocenters. The lowest BCUT2D eigenvalue weighted by Gasteiger charge is -2.59. The predicted molar refractivity (Wildman–Crippen MR) is 112 cm³/mol. The normalized spacial score (nSPS) is 44.8. The van der Waals surface area contributed by atoms with Crippen LogP contribution in [0.1, 0.15) is 86.0 Å². The fourth-order valence-electron chi connectivity index (χ4n) is 8.02. The molecule has 0 heterocycles. The second kappa shape index (κ2) is 7.20. The van der Waals surface area contributed by atoms with E-state index in [0.29, 0.717) is 24.2 Å². The molecule has 0 saturated heterocycles. The SMILES string of the molecule is CC(=O)O[C@@H]1CC[C@]2(C)C(=CC[C@@H]3[C@@H]2CC[C@]2(C)[C@H]3CC[C@]2(OC(C)=O)C(C)=O)C1. The van der Waals surface area contributed by atoms with E-state index in [1.807, 2.05) is 0 Å². The summed E-state index contributed by atoms with van der Waals surface area (Å²) < 4.78 is 11.4. The van der Waals surface area contributed by atoms with Crippen LogP contribution in [0.15, 0.2) is 11.6 Å². The summed E-state index contributed by atoms with van der Waals surface area (Å²) in [4.78, 5) is 36.2. The lowest BCUT2D eigenvalue weighted by Crippen LogP contribution is -2.58. The van der Waals surface area contributed by atoms with E-state index in [-0.39, 0.29) is 34.7 Å². The highest BCUT2D eigenvalue weighted by atomic mass is 16.6. The molecule has 0 spiro atoms. The second-order valence-electron chi connectivity index (χ2n) is 10.7. The Bertz CT molecular complexity index is 799. The first kappa shape index (κ1) is 21.6. The highest BCUT2D eigenvalue weighted by Crippen LogP contribution is 2.68. The van der Waals surface area contributed by atoms with Crippen LogP contribution in [0.5, 0.6) is 0 Å². The number of carbonyl (C=O) groups is 3. The molecule has 166 valence electrons. The van der Waals surface area contributed by atoms with Gasteiger partial charge < -0.3 is 9.47 Å². The van der Waals surface area contributed by atoms with Crippen LogP contribution in [0.4, 0.5) is 0 Å². The molecule has 0 unspecified atom stereocenters. The molecule has 3 fully saturated rings. The summed E-state index contributed by atoms with van der Waals surface area (Å²) in [6.07, 6.45) is 9.81. The lowest BCUT2D eigenvalue weighted by molar-refractivity contribution is -0.186. The number of fused-ring (bicyclic) bond motifs is 5. The molecule has 0 aliphatic heterocycles. The van der Waals surface area contributed by atoms with Crippen LogP contribution >= 0.6 is 0 Å². The Labute approximate surface area is 179 Å². The smallest absolute Gasteiger partial charge is 0.303 e. The van der Waals surface area contributed by atoms with Crippen molar-refractivity contribution in [1.82, 2.24) is 0 Å². The zero-order valence-electron chi connectivity index (χ0n) is 19.1. The molecule has 0 amide bonds. The van der Waals surface area contributed by atoms with Crippen molar-refractivity contribution in [3.05, 3.63) is 11.6 Å². The van der Waals surface area contributed by atoms with Gasteiger partial charge in [-0.1, -0.05) is 25.5 Å². The van der Waals surface area contributed by atoms with Gasteiger partial charge in [-0.3, -0.25) is 14.4 Å². The number of hydrogen-bond acceptors (Lipinski definition) is 5. The van der Waals surface area contributed by atoms with Crippen molar-refractivity contribution in [3.8, 4) is 0 Å². The van der Waals surface area contributed by atoms with Crippen molar-refractivity contribution in [2.45, 2.75) is 97.7 Å². The number of allylic oxidation sites excluding steroid dienone is 1. The van der Waals surface area contributed by atoms with E-state index in [0.717, 1.165) is 44.9 Å². The molecule has 4 aliphatic carbocycles. The summed E-state index contributed by atoms with van der Waals surface area (Å²) in [5.41, 5.74) is 0.346. The fourth-order valence-corrected chi connectivity index (χ4v) is 8.02. The minimum Gasteiger partial charge on any atom is -0.462 e. The summed E-state index contributed by atoms with van der Waals surface area (Å²) in [6, 6.07) is 0. The van der Waals surface area contributed by atoms with E-state index < -0.39 is 5.60 Å². The fraction of sp³-hybridized carbons (Fsp3) is 0.800. The Balaban J connectivity index is 1.63. The average Bonchev–Trinajstić information content (AvgIpc) is 2.94. The van der Waals surface area contributed by atoms with Crippen molar-refractivity contribution in [2.24, 2.45) is 28.6 Å². The number of esters is 2. The predicted octanol–water partition coefficient (Wildman–Crippen LogP) is 4.77. The minimum atomic E-state index is -0.966. The third-order valence-electron chi connectivity index (χ3n) is 9.40. The molecule has 5 nitrogen and oxygen atoms in total. The van der Waals surface area contributed by atoms with Crippen molar-refractivity contribution in [3.63, 3.8) is 0 Å². The first-order chi connectivity index (χ1) is 14.0. The molecular weight excluding hydrogens is 380 g/mol. The molecule has 3 saturated carbocycles. The molecule has 5 heteroatoms. The number of carbonyl (C=O) groups excluding carboxylic acids is 3. The van der Waals surface area contributed by atoms with Crippen LogP contribution in [-0.2, 0) is 23.9 Å². The monoisotopic (exact) mass is 416 g/mol. The Morgan fingerprint density at radius 2 is 1.63 bits per heavy atom. The molecule has 4 rings (SSSR count). The van der Waals surface area contributed by atoms with E-state index in [2.05, 4.69) is 19.9 Å². The molecule has 0 aromatic rings. The molecule has 0 N–H and O–H groups in total. The Kier molecular flexibility index (Phi) is 5.18. The maximum atomic E-state index is 12.8. The number of Topliss-reactive ketones (excluding diaryl/α,β-unsaturated/α-hetero) is 1. The van der Waals surface area contributed by atoms with Crippen LogP contribution in [0, 0.1) is 28.6 Å². The largest absolute Gasteiger partial charge is 0.462 e. The van der Waals surface area contributed by atoms with Crippen LogP contribution in [0.2, 0.25) is 0 Å². The third kappa shape index (κ3) is 2.98. The average molecular weight is 417 g/mol. The summed E-state index contributed by atoms with van der Waals surface area (Å²) in [5, 5.41) is 0. The van der Waals surface area contributed by atoms with Crippen LogP contribution in [0.25, 0.3) is 0 Å². The van der Waals surface area contributed by atoms with Crippen molar-refractivity contribution >= 4 is 17.7 Å². The molecule has 0 aromatic heterocycles. The van der Waals surface area contributed by atoms with E-state index in [1.54, 1.807) is 6.92 Å². The van der Waals surface area contributed by atoms with E-state index >= 15 is 0 Å². The highest BCUT2D eigenvalue weighted by Gasteiger charge is 2.67. The summed E-state index contributed by atoms with van der Waals surface area (Å²) in [7, 11) is 0. The van der Waals surface area contributed by atoms with Crippen molar-refractivity contribution < 1.29 is 23.9 Å². The number of ether oxygens (including phenoxy) is 2. The summed E-state index contributed by atoms with van der Waals surface area (Å²) >= 11 is 0. The summed E-state index contributed by atoms with van der Waals surface area (Å²) in [6.45, 7) is 9.11. The van der Waals surface area contributed by atoms with E-state index in [9.17, 15) is 14.4 Å². The van der Waals surface area contributed by atoms with Gasteiger partial charge in [-0.25, -0.2) is 0 Å². The standard InChI is InChI=1S/C25H36O5/c1-15(26)25(30-17(3)28)13-10-22-20-7-6-18-14-19(29-16(2)27)8-11-23(18,4)21(20)9-12-24(22,25)5/h6,19-22H,7-14H2,1-5H3/t19-,20-,21+,22+,23-,24-,25+/m1/s1. The van der Waals surface area contributed by atoms with Gasteiger partial charge >= 0.3 is 11.9 Å². The molecule has 0 radical (unpaired) electrons. The maximum Gasteiger partial charge on any atom is 0.303 e. The number of hydrogen-bond donors (Lipinski definition) is 0. The quantitative estimate of drug-likeness (QED) is 0.489. The van der Waals surface area contributed by atoms with Crippen LogP contribution < -0.4 is 0 Å². The highest BCUT2D eigenvalue weighted by molar-refractivity contribution is 5.89. The van der Waals surface area contributed by atoms with Gasteiger partial charge in [0.2, 0.25) is 0 Å². The number of ketones is 1. The van der Waals surface area contributed by atoms with Gasteiger partial charge in [0.25, 0.3) is 0 Å². The van der Waals surface area contributed by atoms with Gasteiger partial charge in [-0.05, 0) is 75.0 Å².